The fourth-order valence-corrected chi connectivity index (χ4v) is 5.31. The topological polar surface area (TPSA) is 84.7 Å². The second-order valence-electron chi connectivity index (χ2n) is 7.42. The molecular weight excluding hydrogens is 338 g/mol. The van der Waals surface area contributed by atoms with Crippen LogP contribution in [0, 0.1) is 5.92 Å². The van der Waals surface area contributed by atoms with Gasteiger partial charge in [0.05, 0.1) is 24.3 Å². The van der Waals surface area contributed by atoms with E-state index in [4.69, 9.17) is 10.5 Å². The highest BCUT2D eigenvalue weighted by Crippen LogP contribution is 2.39. The van der Waals surface area contributed by atoms with E-state index in [0.29, 0.717) is 23.0 Å². The lowest BCUT2D eigenvalue weighted by molar-refractivity contribution is -0.121. The highest BCUT2D eigenvalue weighted by Gasteiger charge is 2.28. The largest absolute Gasteiger partial charge is 0.373 e. The molecule has 2 amide bonds. The van der Waals surface area contributed by atoms with Crippen LogP contribution in [-0.4, -0.2) is 48.6 Å². The van der Waals surface area contributed by atoms with E-state index in [9.17, 15) is 9.59 Å². The van der Waals surface area contributed by atoms with E-state index in [1.807, 2.05) is 13.8 Å². The van der Waals surface area contributed by atoms with Gasteiger partial charge in [-0.3, -0.25) is 14.5 Å². The number of anilines is 1. The van der Waals surface area contributed by atoms with Crippen molar-refractivity contribution in [1.29, 1.82) is 0 Å². The van der Waals surface area contributed by atoms with Crippen molar-refractivity contribution >= 4 is 28.2 Å². The number of carbonyl (C=O) groups excluding carboxylic acids is 2. The number of rotatable bonds is 4. The number of hydrogen-bond acceptors (Lipinski definition) is 5. The minimum absolute atomic E-state index is 0.101. The number of nitrogens with zero attached hydrogens (tertiary/aromatic N) is 1. The lowest BCUT2D eigenvalue weighted by atomic mass is 9.88. The fraction of sp³-hybridized carbons (Fsp3) is 0.667. The summed E-state index contributed by atoms with van der Waals surface area (Å²) < 4.78 is 5.70. The third-order valence-electron chi connectivity index (χ3n) is 4.87. The zero-order valence-corrected chi connectivity index (χ0v) is 15.9. The van der Waals surface area contributed by atoms with Crippen LogP contribution in [0.25, 0.3) is 0 Å². The normalized spacial score (nSPS) is 26.9. The lowest BCUT2D eigenvalue weighted by Gasteiger charge is -2.34. The van der Waals surface area contributed by atoms with Gasteiger partial charge in [0.25, 0.3) is 5.91 Å². The Hall–Kier alpha value is -1.44. The summed E-state index contributed by atoms with van der Waals surface area (Å²) in [4.78, 5) is 27.7. The molecule has 2 aliphatic rings. The Morgan fingerprint density at radius 3 is 2.60 bits per heavy atom. The van der Waals surface area contributed by atoms with Gasteiger partial charge in [-0.15, -0.1) is 11.3 Å². The summed E-state index contributed by atoms with van der Waals surface area (Å²) >= 11 is 1.51. The summed E-state index contributed by atoms with van der Waals surface area (Å²) in [7, 11) is 0. The number of primary amides is 1. The predicted molar refractivity (Wildman–Crippen MR) is 99.1 cm³/mol. The third-order valence-corrected chi connectivity index (χ3v) is 6.04. The first-order valence-electron chi connectivity index (χ1n) is 8.95. The molecular formula is C18H27N3O3S. The van der Waals surface area contributed by atoms with Crippen molar-refractivity contribution in [2.45, 2.75) is 52.2 Å². The van der Waals surface area contributed by atoms with Crippen molar-refractivity contribution in [2.75, 3.05) is 25.0 Å². The summed E-state index contributed by atoms with van der Waals surface area (Å²) in [6.45, 7) is 8.01. The lowest BCUT2D eigenvalue weighted by Crippen LogP contribution is -2.48. The molecule has 3 N–H and O–H groups in total. The molecule has 0 spiro atoms. The van der Waals surface area contributed by atoms with Crippen LogP contribution in [0.4, 0.5) is 5.00 Å². The third kappa shape index (κ3) is 4.22. The molecule has 1 aromatic rings. The van der Waals surface area contributed by atoms with Crippen LogP contribution in [0.15, 0.2) is 0 Å². The minimum Gasteiger partial charge on any atom is -0.373 e. The Morgan fingerprint density at radius 1 is 1.28 bits per heavy atom. The van der Waals surface area contributed by atoms with Crippen LogP contribution in [0.2, 0.25) is 0 Å². The Bertz CT molecular complexity index is 663. The molecule has 3 atom stereocenters. The molecule has 0 unspecified atom stereocenters. The molecule has 0 saturated carbocycles. The number of thiophene rings is 1. The van der Waals surface area contributed by atoms with Gasteiger partial charge >= 0.3 is 0 Å². The van der Waals surface area contributed by atoms with Gasteiger partial charge < -0.3 is 15.8 Å². The number of amides is 2. The van der Waals surface area contributed by atoms with Gasteiger partial charge in [-0.05, 0) is 44.6 Å². The molecule has 138 valence electrons. The number of carbonyl (C=O) groups is 2. The first-order valence-corrected chi connectivity index (χ1v) is 9.77. The van der Waals surface area contributed by atoms with Gasteiger partial charge in [0.2, 0.25) is 5.91 Å². The maximum absolute atomic E-state index is 12.5. The second-order valence-corrected chi connectivity index (χ2v) is 8.52. The zero-order chi connectivity index (χ0) is 18.1. The number of morpholine rings is 1. The standard InChI is InChI=1S/C18H27N3O3S/c1-10-4-5-13-14(6-10)25-18(16(13)17(19)23)20-15(22)9-21-7-11(2)24-12(3)8-21/h10-12H,4-9H2,1-3H3,(H2,19,23)(H,20,22)/t10-,11-,12+/m1/s1. The van der Waals surface area contributed by atoms with Gasteiger partial charge in [-0.25, -0.2) is 0 Å². The van der Waals surface area contributed by atoms with Crippen LogP contribution in [0.3, 0.4) is 0 Å². The maximum atomic E-state index is 12.5. The first-order chi connectivity index (χ1) is 11.8. The molecule has 1 aliphatic carbocycles. The van der Waals surface area contributed by atoms with Crippen molar-refractivity contribution in [2.24, 2.45) is 11.7 Å². The van der Waals surface area contributed by atoms with Gasteiger partial charge in [0.15, 0.2) is 0 Å². The molecule has 3 rings (SSSR count). The summed E-state index contributed by atoms with van der Waals surface area (Å²) in [5.41, 5.74) is 7.16. The van der Waals surface area contributed by atoms with Gasteiger partial charge in [-0.2, -0.15) is 0 Å². The van der Waals surface area contributed by atoms with Gasteiger partial charge in [0.1, 0.15) is 5.00 Å². The highest BCUT2D eigenvalue weighted by molar-refractivity contribution is 7.17. The molecule has 1 aromatic heterocycles. The number of ether oxygens (including phenoxy) is 1. The molecule has 0 radical (unpaired) electrons. The molecule has 7 heteroatoms. The van der Waals surface area contributed by atoms with Gasteiger partial charge in [0, 0.05) is 18.0 Å². The quantitative estimate of drug-likeness (QED) is 0.855. The first kappa shape index (κ1) is 18.4. The van der Waals surface area contributed by atoms with Crippen LogP contribution in [0.1, 0.15) is 48.0 Å². The molecule has 6 nitrogen and oxygen atoms in total. The Morgan fingerprint density at radius 2 is 1.96 bits per heavy atom. The van der Waals surface area contributed by atoms with E-state index in [1.165, 1.54) is 16.2 Å². The van der Waals surface area contributed by atoms with E-state index in [1.54, 1.807) is 0 Å². The number of nitrogens with one attached hydrogen (secondary N) is 1. The van der Waals surface area contributed by atoms with Crippen molar-refractivity contribution in [3.8, 4) is 0 Å². The monoisotopic (exact) mass is 365 g/mol. The number of hydrogen-bond donors (Lipinski definition) is 2. The van der Waals surface area contributed by atoms with Crippen LogP contribution in [-0.2, 0) is 22.4 Å². The highest BCUT2D eigenvalue weighted by atomic mass is 32.1. The maximum Gasteiger partial charge on any atom is 0.251 e. The zero-order valence-electron chi connectivity index (χ0n) is 15.1. The summed E-state index contributed by atoms with van der Waals surface area (Å²) in [6, 6.07) is 0. The smallest absolute Gasteiger partial charge is 0.251 e. The SMILES string of the molecule is C[C@@H]1CCc2c(sc(NC(=O)CN3C[C@@H](C)O[C@@H](C)C3)c2C(N)=O)C1. The van der Waals surface area contributed by atoms with E-state index in [0.717, 1.165) is 37.9 Å². The van der Waals surface area contributed by atoms with E-state index >= 15 is 0 Å². The summed E-state index contributed by atoms with van der Waals surface area (Å²) in [5, 5.41) is 3.55. The van der Waals surface area contributed by atoms with E-state index < -0.39 is 5.91 Å². The van der Waals surface area contributed by atoms with Crippen LogP contribution in [0.5, 0.6) is 0 Å². The number of fused-ring (bicyclic) bond motifs is 1. The molecule has 1 aliphatic heterocycles. The van der Waals surface area contributed by atoms with Crippen molar-refractivity contribution in [3.63, 3.8) is 0 Å². The summed E-state index contributed by atoms with van der Waals surface area (Å²) in [5.74, 6) is 0.0539. The number of nitrogens with two attached hydrogens (primary N) is 1. The Balaban J connectivity index is 1.72. The average molecular weight is 365 g/mol. The van der Waals surface area contributed by atoms with Crippen molar-refractivity contribution in [1.82, 2.24) is 4.90 Å². The Labute approximate surface area is 152 Å². The molecule has 1 saturated heterocycles. The predicted octanol–water partition coefficient (Wildman–Crippen LogP) is 2.02. The molecule has 25 heavy (non-hydrogen) atoms. The molecule has 0 aromatic carbocycles. The molecule has 0 bridgehead atoms. The molecule has 2 heterocycles. The van der Waals surface area contributed by atoms with Crippen molar-refractivity contribution < 1.29 is 14.3 Å². The van der Waals surface area contributed by atoms with Gasteiger partial charge in [-0.1, -0.05) is 6.92 Å². The summed E-state index contributed by atoms with van der Waals surface area (Å²) in [6.07, 6.45) is 3.11. The minimum atomic E-state index is -0.448. The Kier molecular flexibility index (Phi) is 5.46. The van der Waals surface area contributed by atoms with Crippen LogP contribution < -0.4 is 11.1 Å². The fourth-order valence-electron chi connectivity index (χ4n) is 3.88. The van der Waals surface area contributed by atoms with Crippen molar-refractivity contribution in [3.05, 3.63) is 16.0 Å². The molecule has 1 fully saturated rings. The van der Waals surface area contributed by atoms with Crippen LogP contribution >= 0.6 is 11.3 Å². The van der Waals surface area contributed by atoms with E-state index in [-0.39, 0.29) is 18.1 Å². The average Bonchev–Trinajstić information content (AvgIpc) is 2.82. The second kappa shape index (κ2) is 7.43. The van der Waals surface area contributed by atoms with E-state index in [2.05, 4.69) is 17.1 Å².